The zero-order chi connectivity index (χ0) is 18.8. The molecule has 3 nitrogen and oxygen atoms in total. The van der Waals surface area contributed by atoms with Gasteiger partial charge in [-0.1, -0.05) is 0 Å². The highest BCUT2D eigenvalue weighted by Crippen LogP contribution is 2.34. The Bertz CT molecular complexity index is 619. The molecule has 0 aliphatic rings. The highest BCUT2D eigenvalue weighted by molar-refractivity contribution is 6.79. The summed E-state index contributed by atoms with van der Waals surface area (Å²) in [5, 5.41) is 0.993. The molecule has 0 fully saturated rings. The van der Waals surface area contributed by atoms with Crippen LogP contribution in [0.25, 0.3) is 5.76 Å². The van der Waals surface area contributed by atoms with Crippen LogP contribution in [0.5, 0.6) is 0 Å². The van der Waals surface area contributed by atoms with Crippen LogP contribution >= 0.6 is 0 Å². The zero-order valence-corrected chi connectivity index (χ0v) is 23.5. The molecule has 0 spiro atoms. The summed E-state index contributed by atoms with van der Waals surface area (Å²) in [6.07, 6.45) is 0. The number of hydrogen-bond donors (Lipinski definition) is 0. The lowest BCUT2D eigenvalue weighted by atomic mass is 9.89. The monoisotopic (exact) mass is 398 g/mol. The van der Waals surface area contributed by atoms with Crippen LogP contribution in [0.3, 0.4) is 0 Å². The van der Waals surface area contributed by atoms with E-state index in [-0.39, 0.29) is 0 Å². The number of benzene rings is 1. The second-order valence-electron chi connectivity index (χ2n) is 7.47. The van der Waals surface area contributed by atoms with Gasteiger partial charge in [-0.05, 0) is 88.6 Å². The third-order valence-corrected chi connectivity index (χ3v) is 11.6. The van der Waals surface area contributed by atoms with Crippen molar-refractivity contribution in [3.05, 3.63) is 38.8 Å². The van der Waals surface area contributed by atoms with E-state index in [0.717, 1.165) is 11.1 Å². The molecule has 0 radical (unpaired) electrons. The summed E-state index contributed by atoms with van der Waals surface area (Å²) >= 11 is 0. The molecule has 1 rings (SSSR count). The Hall–Kier alpha value is -0.612. The molecule has 7 heteroatoms. The predicted octanol–water partition coefficient (Wildman–Crippen LogP) is 2.24. The molecule has 0 aliphatic carbocycles. The third-order valence-electron chi connectivity index (χ3n) is 4.77. The number of hydrogen-bond acceptors (Lipinski definition) is 3. The van der Waals surface area contributed by atoms with Crippen molar-refractivity contribution >= 4 is 44.1 Å². The van der Waals surface area contributed by atoms with Crippen LogP contribution in [-0.2, 0) is 13.0 Å². The van der Waals surface area contributed by atoms with Crippen molar-refractivity contribution in [3.63, 3.8) is 0 Å². The Morgan fingerprint density at radius 2 is 1.21 bits per heavy atom. The molecule has 136 valence electrons. The minimum Gasteiger partial charge on any atom is -0.555 e. The fourth-order valence-electron chi connectivity index (χ4n) is 3.19. The summed E-state index contributed by atoms with van der Waals surface area (Å²) in [5.74, 6) is 0.940. The van der Waals surface area contributed by atoms with Crippen LogP contribution in [-0.4, -0.2) is 38.3 Å². The maximum Gasteiger partial charge on any atom is 0.236 e. The quantitative estimate of drug-likeness (QED) is 0.543. The normalized spacial score (nSPS) is 14.5. The fraction of sp³-hybridized carbons (Fsp3) is 0.529. The fourth-order valence-corrected chi connectivity index (χ4v) is 10.6. The average molecular weight is 399 g/mol. The lowest BCUT2D eigenvalue weighted by Gasteiger charge is -2.28. The van der Waals surface area contributed by atoms with Crippen molar-refractivity contribution in [2.45, 2.75) is 60.8 Å². The average Bonchev–Trinajstić information content (AvgIpc) is 2.48. The summed E-state index contributed by atoms with van der Waals surface area (Å²) < 4.78 is 18.4. The maximum absolute atomic E-state index is 6.41. The SMILES string of the molecule is Cc1c(C)c(C)c(C(O[SiH3])=C(O[SiH3])[SiH](C)O[Si](C)(C)C)c(C)c1C. The van der Waals surface area contributed by atoms with Gasteiger partial charge in [0.05, 0.1) is 0 Å². The molecule has 0 aromatic heterocycles. The molecule has 24 heavy (non-hydrogen) atoms. The minimum atomic E-state index is -1.62. The highest BCUT2D eigenvalue weighted by atomic mass is 28.4. The smallest absolute Gasteiger partial charge is 0.236 e. The van der Waals surface area contributed by atoms with Gasteiger partial charge in [-0.25, -0.2) is 0 Å². The van der Waals surface area contributed by atoms with Gasteiger partial charge in [0.2, 0.25) is 30.0 Å². The van der Waals surface area contributed by atoms with Crippen LogP contribution < -0.4 is 0 Å². The summed E-state index contributed by atoms with van der Waals surface area (Å²) in [6, 6.07) is 0. The molecular weight excluding hydrogens is 365 g/mol. The molecule has 0 amide bonds. The van der Waals surface area contributed by atoms with Crippen LogP contribution in [0.4, 0.5) is 0 Å². The third kappa shape index (κ3) is 4.51. The van der Waals surface area contributed by atoms with Gasteiger partial charge in [0.25, 0.3) is 0 Å². The van der Waals surface area contributed by atoms with E-state index in [1.165, 1.54) is 33.4 Å². The van der Waals surface area contributed by atoms with Crippen molar-refractivity contribution in [1.82, 2.24) is 0 Å². The largest absolute Gasteiger partial charge is 0.555 e. The van der Waals surface area contributed by atoms with Crippen LogP contribution in [0.1, 0.15) is 33.4 Å². The van der Waals surface area contributed by atoms with Crippen molar-refractivity contribution in [2.24, 2.45) is 0 Å². The Morgan fingerprint density at radius 1 is 0.792 bits per heavy atom. The second kappa shape index (κ2) is 8.18. The van der Waals surface area contributed by atoms with Gasteiger partial charge < -0.3 is 13.0 Å². The van der Waals surface area contributed by atoms with E-state index in [2.05, 4.69) is 60.8 Å². The summed E-state index contributed by atoms with van der Waals surface area (Å²) in [5.41, 5.74) is 7.88. The van der Waals surface area contributed by atoms with Crippen LogP contribution in [0.2, 0.25) is 26.2 Å². The standard InChI is InChI=1S/C17H34O3Si4/c1-10-11(2)13(4)15(14(5)12(10)3)16(18-21)17(19-22)23(6)20-24(7,8)9/h23H,1-9,21-22H3. The lowest BCUT2D eigenvalue weighted by Crippen LogP contribution is -2.35. The Labute approximate surface area is 156 Å². The van der Waals surface area contributed by atoms with Crippen molar-refractivity contribution in [1.29, 1.82) is 0 Å². The summed E-state index contributed by atoms with van der Waals surface area (Å²) in [4.78, 5) is 0. The molecule has 1 unspecified atom stereocenters. The van der Waals surface area contributed by atoms with E-state index in [4.69, 9.17) is 13.0 Å². The van der Waals surface area contributed by atoms with E-state index >= 15 is 0 Å². The molecule has 0 saturated carbocycles. The number of rotatable bonds is 6. The molecule has 1 aromatic rings. The molecule has 0 N–H and O–H groups in total. The van der Waals surface area contributed by atoms with Crippen LogP contribution in [0.15, 0.2) is 5.38 Å². The second-order valence-corrected chi connectivity index (χ2v) is 15.3. The molecular formula is C17H34O3Si4. The molecule has 1 aromatic carbocycles. The molecule has 1 atom stereocenters. The van der Waals surface area contributed by atoms with Gasteiger partial charge in [-0.2, -0.15) is 0 Å². The Balaban J connectivity index is 3.65. The zero-order valence-electron chi connectivity index (χ0n) is 17.3. The topological polar surface area (TPSA) is 27.7 Å². The molecule has 0 saturated heterocycles. The minimum absolute atomic E-state index is 0.642. The first kappa shape index (κ1) is 21.4. The van der Waals surface area contributed by atoms with E-state index in [1.54, 1.807) is 0 Å². The first-order valence-electron chi connectivity index (χ1n) is 8.53. The Kier molecular flexibility index (Phi) is 7.30. The van der Waals surface area contributed by atoms with Gasteiger partial charge in [0.15, 0.2) is 8.32 Å². The summed E-state index contributed by atoms with van der Waals surface area (Å²) in [7, 11) is -1.92. The first-order valence-corrected chi connectivity index (χ1v) is 15.8. The van der Waals surface area contributed by atoms with Crippen molar-refractivity contribution in [3.8, 4) is 0 Å². The van der Waals surface area contributed by atoms with Gasteiger partial charge in [-0.3, -0.25) is 0 Å². The van der Waals surface area contributed by atoms with Crippen molar-refractivity contribution < 1.29 is 13.0 Å². The van der Waals surface area contributed by atoms with Gasteiger partial charge in [0, 0.05) is 5.56 Å². The van der Waals surface area contributed by atoms with Gasteiger partial charge in [-0.15, -0.1) is 0 Å². The van der Waals surface area contributed by atoms with Crippen LogP contribution in [0, 0.1) is 34.6 Å². The van der Waals surface area contributed by atoms with E-state index in [9.17, 15) is 0 Å². The van der Waals surface area contributed by atoms with E-state index < -0.39 is 17.4 Å². The van der Waals surface area contributed by atoms with E-state index in [1.807, 2.05) is 0 Å². The summed E-state index contributed by atoms with van der Waals surface area (Å²) in [6.45, 7) is 19.9. The highest BCUT2D eigenvalue weighted by Gasteiger charge is 2.27. The first-order chi connectivity index (χ1) is 11.0. The lowest BCUT2D eigenvalue weighted by molar-refractivity contribution is 0.447. The maximum atomic E-state index is 6.41. The van der Waals surface area contributed by atoms with Gasteiger partial charge in [0.1, 0.15) is 11.1 Å². The molecule has 0 bridgehead atoms. The predicted molar refractivity (Wildman–Crippen MR) is 117 cm³/mol. The van der Waals surface area contributed by atoms with E-state index in [0.29, 0.717) is 21.0 Å². The molecule has 0 aliphatic heterocycles. The van der Waals surface area contributed by atoms with Gasteiger partial charge >= 0.3 is 0 Å². The van der Waals surface area contributed by atoms with Crippen molar-refractivity contribution in [2.75, 3.05) is 0 Å². The Morgan fingerprint density at radius 3 is 1.54 bits per heavy atom. The molecule has 0 heterocycles.